The molecule has 0 saturated heterocycles. The number of nitrogens with zero attached hydrogens (tertiary/aromatic N) is 5. The Balaban J connectivity index is 1.22. The summed E-state index contributed by atoms with van der Waals surface area (Å²) in [4.78, 5) is 44.9. The van der Waals surface area contributed by atoms with E-state index in [0.29, 0.717) is 61.7 Å². The third-order valence-electron chi connectivity index (χ3n) is 10.6. The number of furan rings is 1. The number of hydrogen-bond acceptors (Lipinski definition) is 6. The Morgan fingerprint density at radius 3 is 1.70 bits per heavy atom. The first-order valence-corrected chi connectivity index (χ1v) is 18.6. The van der Waals surface area contributed by atoms with E-state index in [-0.39, 0.29) is 16.6 Å². The average molecular weight is 736 g/mol. The molecule has 0 unspecified atom stereocenters. The van der Waals surface area contributed by atoms with Gasteiger partial charge in [0.25, 0.3) is 11.1 Å². The first kappa shape index (κ1) is 32.5. The summed E-state index contributed by atoms with van der Waals surface area (Å²) in [6, 6.07) is 56.1. The van der Waals surface area contributed by atoms with Gasteiger partial charge in [-0.25, -0.2) is 15.0 Å². The second-order valence-electron chi connectivity index (χ2n) is 13.9. The van der Waals surface area contributed by atoms with Crippen LogP contribution in [-0.2, 0) is 0 Å². The Bertz CT molecular complexity index is 3460. The van der Waals surface area contributed by atoms with E-state index in [0.717, 1.165) is 33.0 Å². The number of pyridine rings is 1. The molecule has 0 saturated carbocycles. The van der Waals surface area contributed by atoms with Crippen molar-refractivity contribution < 1.29 is 4.42 Å². The predicted octanol–water partition coefficient (Wildman–Crippen LogP) is 10.5. The summed E-state index contributed by atoms with van der Waals surface area (Å²) in [5.74, 6) is 1.54. The molecule has 0 radical (unpaired) electrons. The molecular weight excluding hydrogens is 707 g/mol. The zero-order valence-corrected chi connectivity index (χ0v) is 30.2. The van der Waals surface area contributed by atoms with Crippen LogP contribution in [0.2, 0.25) is 0 Å². The van der Waals surface area contributed by atoms with Gasteiger partial charge < -0.3 is 4.42 Å². The van der Waals surface area contributed by atoms with Crippen LogP contribution in [0, 0.1) is 0 Å². The summed E-state index contributed by atoms with van der Waals surface area (Å²) in [7, 11) is 0. The second kappa shape index (κ2) is 12.8. The monoisotopic (exact) mass is 735 g/mol. The van der Waals surface area contributed by atoms with Gasteiger partial charge in [0.15, 0.2) is 17.5 Å². The first-order valence-electron chi connectivity index (χ1n) is 18.6. The topological polar surface area (TPSA) is 95.3 Å². The molecule has 4 aromatic heterocycles. The number of fused-ring (bicyclic) bond motifs is 7. The van der Waals surface area contributed by atoms with Crippen LogP contribution in [0.15, 0.2) is 190 Å². The van der Waals surface area contributed by atoms with Crippen molar-refractivity contribution >= 4 is 49.3 Å². The van der Waals surface area contributed by atoms with Crippen molar-refractivity contribution in [1.82, 2.24) is 23.9 Å². The number of aromatic nitrogens is 5. The van der Waals surface area contributed by atoms with Crippen molar-refractivity contribution in [3.63, 3.8) is 0 Å². The maximum Gasteiger partial charge on any atom is 0.280 e. The minimum absolute atomic E-state index is 0.262. The lowest BCUT2D eigenvalue weighted by Gasteiger charge is -2.19. The summed E-state index contributed by atoms with van der Waals surface area (Å²) in [6.07, 6.45) is 0. The van der Waals surface area contributed by atoms with Crippen LogP contribution in [0.5, 0.6) is 0 Å². The molecule has 0 spiro atoms. The molecule has 8 heteroatoms. The Hall–Kier alpha value is -7.97. The third kappa shape index (κ3) is 5.12. The van der Waals surface area contributed by atoms with Gasteiger partial charge in [-0.1, -0.05) is 133 Å². The predicted molar refractivity (Wildman–Crippen MR) is 227 cm³/mol. The number of rotatable bonds is 5. The van der Waals surface area contributed by atoms with Crippen LogP contribution in [-0.4, -0.2) is 23.9 Å². The molecule has 11 aromatic rings. The first-order chi connectivity index (χ1) is 28.1. The smallest absolute Gasteiger partial charge is 0.280 e. The lowest BCUT2D eigenvalue weighted by Crippen LogP contribution is -2.28. The molecule has 0 bridgehead atoms. The van der Waals surface area contributed by atoms with E-state index in [4.69, 9.17) is 19.4 Å². The van der Waals surface area contributed by atoms with Crippen LogP contribution in [0.25, 0.3) is 100 Å². The molecule has 0 aliphatic heterocycles. The minimum atomic E-state index is -0.348. The summed E-state index contributed by atoms with van der Waals surface area (Å²) in [5, 5.41) is 2.99. The van der Waals surface area contributed by atoms with E-state index in [1.807, 2.05) is 176 Å². The Labute approximate surface area is 324 Å². The zero-order chi connectivity index (χ0) is 38.0. The summed E-state index contributed by atoms with van der Waals surface area (Å²) in [5.41, 5.74) is 6.71. The van der Waals surface area contributed by atoms with E-state index in [9.17, 15) is 4.79 Å². The van der Waals surface area contributed by atoms with Crippen LogP contribution in [0.4, 0.5) is 0 Å². The Morgan fingerprint density at radius 1 is 0.439 bits per heavy atom. The van der Waals surface area contributed by atoms with Gasteiger partial charge in [-0.2, -0.15) is 0 Å². The van der Waals surface area contributed by atoms with Crippen molar-refractivity contribution in [2.75, 3.05) is 0 Å². The minimum Gasteiger partial charge on any atom is -0.456 e. The molecule has 57 heavy (non-hydrogen) atoms. The summed E-state index contributed by atoms with van der Waals surface area (Å²) in [6.45, 7) is 0. The van der Waals surface area contributed by atoms with Gasteiger partial charge in [0.2, 0.25) is 0 Å². The van der Waals surface area contributed by atoms with E-state index in [2.05, 4.69) is 0 Å². The molecule has 0 amide bonds. The number of hydrogen-bond donors (Lipinski definition) is 0. The maximum absolute atomic E-state index is 15.5. The van der Waals surface area contributed by atoms with Crippen molar-refractivity contribution in [2.45, 2.75) is 0 Å². The van der Waals surface area contributed by atoms with Crippen LogP contribution < -0.4 is 11.1 Å². The van der Waals surface area contributed by atoms with Gasteiger partial charge in [0.05, 0.1) is 16.7 Å². The van der Waals surface area contributed by atoms with Gasteiger partial charge in [-0.15, -0.1) is 0 Å². The molecule has 0 fully saturated rings. The Morgan fingerprint density at radius 2 is 0.982 bits per heavy atom. The van der Waals surface area contributed by atoms with Crippen molar-refractivity contribution in [3.8, 4) is 51.0 Å². The summed E-state index contributed by atoms with van der Waals surface area (Å²) < 4.78 is 9.59. The highest BCUT2D eigenvalue weighted by molar-refractivity contribution is 6.18. The highest BCUT2D eigenvalue weighted by Crippen LogP contribution is 2.40. The van der Waals surface area contributed by atoms with E-state index < -0.39 is 0 Å². The van der Waals surface area contributed by atoms with E-state index >= 15 is 4.79 Å². The van der Waals surface area contributed by atoms with E-state index in [1.54, 1.807) is 8.97 Å². The highest BCUT2D eigenvalue weighted by Gasteiger charge is 2.24. The maximum atomic E-state index is 15.5. The quantitative estimate of drug-likeness (QED) is 0.129. The van der Waals surface area contributed by atoms with Crippen molar-refractivity contribution in [3.05, 3.63) is 197 Å². The molecule has 0 atom stereocenters. The molecule has 8 nitrogen and oxygen atoms in total. The SMILES string of the molecule is O=c1c2c(-c3cccc4oc5ccccc5c34)c3ccccc3c(=O)n2c2ccccc2n1-c1cccc(-c2nc(-c3ccccc3)nc(-c3ccccc3)n2)c1. The van der Waals surface area contributed by atoms with Crippen LogP contribution in [0.3, 0.4) is 0 Å². The lowest BCUT2D eigenvalue weighted by molar-refractivity contribution is 0.669. The van der Waals surface area contributed by atoms with Gasteiger partial charge >= 0.3 is 0 Å². The number of para-hydroxylation sites is 3. The fourth-order valence-electron chi connectivity index (χ4n) is 8.07. The zero-order valence-electron chi connectivity index (χ0n) is 30.2. The van der Waals surface area contributed by atoms with E-state index in [1.165, 1.54) is 0 Å². The lowest BCUT2D eigenvalue weighted by atomic mass is 9.94. The largest absolute Gasteiger partial charge is 0.456 e. The van der Waals surface area contributed by atoms with Gasteiger partial charge in [0, 0.05) is 38.4 Å². The molecule has 0 aliphatic rings. The standard InChI is InChI=1S/C49H29N5O3/c55-48-35-22-8-7-21-34(35)43(37-24-14-28-41-42(37)36-23-9-12-27-40(36)57-41)44-49(56)53(38-25-10-11-26-39(38)54(44)48)33-20-13-19-32(29-33)47-51-45(30-15-3-1-4-16-30)50-46(52-47)31-17-5-2-6-18-31/h1-29H. The Kier molecular flexibility index (Phi) is 7.30. The number of benzene rings is 7. The highest BCUT2D eigenvalue weighted by atomic mass is 16.3. The molecule has 0 N–H and O–H groups in total. The van der Waals surface area contributed by atoms with Crippen molar-refractivity contribution in [1.29, 1.82) is 0 Å². The normalized spacial score (nSPS) is 11.6. The second-order valence-corrected chi connectivity index (χ2v) is 13.9. The molecule has 7 aromatic carbocycles. The average Bonchev–Trinajstić information content (AvgIpc) is 3.66. The summed E-state index contributed by atoms with van der Waals surface area (Å²) >= 11 is 0. The fraction of sp³-hybridized carbons (Fsp3) is 0. The third-order valence-corrected chi connectivity index (χ3v) is 10.6. The molecule has 4 heterocycles. The molecule has 268 valence electrons. The molecule has 0 aliphatic carbocycles. The van der Waals surface area contributed by atoms with Crippen molar-refractivity contribution in [2.24, 2.45) is 0 Å². The van der Waals surface area contributed by atoms with Gasteiger partial charge in [-0.05, 0) is 53.4 Å². The molecular formula is C49H29N5O3. The van der Waals surface area contributed by atoms with Crippen LogP contribution >= 0.6 is 0 Å². The fourth-order valence-corrected chi connectivity index (χ4v) is 8.07. The molecule has 11 rings (SSSR count). The van der Waals surface area contributed by atoms with Crippen LogP contribution in [0.1, 0.15) is 0 Å². The van der Waals surface area contributed by atoms with Gasteiger partial charge in [-0.3, -0.25) is 18.6 Å². The van der Waals surface area contributed by atoms with Gasteiger partial charge in [0.1, 0.15) is 16.7 Å².